The lowest BCUT2D eigenvalue weighted by Crippen LogP contribution is -2.24. The van der Waals surface area contributed by atoms with E-state index in [1.807, 2.05) is 42.8 Å². The van der Waals surface area contributed by atoms with Gasteiger partial charge >= 0.3 is 0 Å². The smallest absolute Gasteiger partial charge is 0.135 e. The van der Waals surface area contributed by atoms with Crippen molar-refractivity contribution < 1.29 is 9.50 Å². The molecule has 0 saturated heterocycles. The molecule has 1 fully saturated rings. The monoisotopic (exact) mass is 486 g/mol. The molecule has 1 saturated carbocycles. The average Bonchev–Trinajstić information content (AvgIpc) is 3.47. The molecule has 0 unspecified atom stereocenters. The second-order valence-corrected chi connectivity index (χ2v) is 9.64. The van der Waals surface area contributed by atoms with Gasteiger partial charge in [0, 0.05) is 23.8 Å². The Morgan fingerprint density at radius 2 is 2.00 bits per heavy atom. The number of aryl methyl sites for hydroxylation is 2. The van der Waals surface area contributed by atoms with Crippen LogP contribution < -0.4 is 16.8 Å². The van der Waals surface area contributed by atoms with Crippen LogP contribution in [-0.4, -0.2) is 32.6 Å². The zero-order valence-corrected chi connectivity index (χ0v) is 20.5. The van der Waals surface area contributed by atoms with Gasteiger partial charge in [-0.25, -0.2) is 13.9 Å². The van der Waals surface area contributed by atoms with Crippen LogP contribution in [0.3, 0.4) is 0 Å². The lowest BCUT2D eigenvalue weighted by Gasteiger charge is -2.18. The lowest BCUT2D eigenvalue weighted by molar-refractivity contribution is 0.282. The van der Waals surface area contributed by atoms with E-state index in [4.69, 9.17) is 11.5 Å². The molecule has 4 aromatic rings. The molecule has 0 bridgehead atoms. The fraction of sp³-hybridized carbons (Fsp3) is 0.286. The Morgan fingerprint density at radius 3 is 2.72 bits per heavy atom. The van der Waals surface area contributed by atoms with Gasteiger partial charge in [-0.15, -0.1) is 0 Å². The Balaban J connectivity index is 1.63. The molecule has 1 aliphatic rings. The number of rotatable bonds is 6. The summed E-state index contributed by atoms with van der Waals surface area (Å²) in [6, 6.07) is 12.9. The van der Waals surface area contributed by atoms with E-state index in [1.165, 1.54) is 12.1 Å². The number of aliphatic imine (C=N–C) groups is 1. The Kier molecular flexibility index (Phi) is 6.47. The highest BCUT2D eigenvalue weighted by atomic mass is 19.1. The van der Waals surface area contributed by atoms with Crippen molar-refractivity contribution in [2.24, 2.45) is 16.5 Å². The quantitative estimate of drug-likeness (QED) is 0.235. The molecule has 0 radical (unpaired) electrons. The van der Waals surface area contributed by atoms with Gasteiger partial charge in [0.05, 0.1) is 35.3 Å². The van der Waals surface area contributed by atoms with Gasteiger partial charge in [-0.05, 0) is 73.6 Å². The second kappa shape index (κ2) is 9.72. The predicted octanol–water partition coefficient (Wildman–Crippen LogP) is 4.58. The van der Waals surface area contributed by atoms with Crippen LogP contribution in [0, 0.1) is 19.7 Å². The first-order valence-corrected chi connectivity index (χ1v) is 12.2. The number of fused-ring (bicyclic) bond motifs is 1. The van der Waals surface area contributed by atoms with E-state index < -0.39 is 0 Å². The highest BCUT2D eigenvalue weighted by molar-refractivity contribution is 6.06. The molecule has 0 spiro atoms. The molecule has 0 amide bonds. The van der Waals surface area contributed by atoms with Crippen LogP contribution in [0.5, 0.6) is 0 Å². The number of hydrogen-bond donors (Lipinski definition) is 4. The number of halogens is 1. The van der Waals surface area contributed by atoms with Gasteiger partial charge in [-0.3, -0.25) is 0 Å². The first-order chi connectivity index (χ1) is 17.3. The molecule has 2 aromatic carbocycles. The van der Waals surface area contributed by atoms with Crippen LogP contribution in [-0.2, 0) is 6.61 Å². The average molecular weight is 487 g/mol. The third-order valence-corrected chi connectivity index (χ3v) is 6.93. The lowest BCUT2D eigenvalue weighted by atomic mass is 10.0. The van der Waals surface area contributed by atoms with Crippen LogP contribution in [0.15, 0.2) is 59.9 Å². The van der Waals surface area contributed by atoms with Crippen molar-refractivity contribution >= 4 is 22.7 Å². The van der Waals surface area contributed by atoms with Gasteiger partial charge in [0.25, 0.3) is 0 Å². The molecule has 1 aliphatic carbocycles. The number of nitrogens with one attached hydrogen (secondary N) is 1. The molecule has 6 N–H and O–H groups in total. The zero-order chi connectivity index (χ0) is 25.4. The van der Waals surface area contributed by atoms with E-state index in [2.05, 4.69) is 21.5 Å². The number of benzene rings is 2. The third kappa shape index (κ3) is 4.69. The molecule has 5 rings (SSSR count). The summed E-state index contributed by atoms with van der Waals surface area (Å²) in [5.74, 6) is -0.104. The summed E-state index contributed by atoms with van der Waals surface area (Å²) >= 11 is 0. The first-order valence-electron chi connectivity index (χ1n) is 12.2. The molecular formula is C28H31FN6O. The van der Waals surface area contributed by atoms with E-state index in [9.17, 15) is 9.50 Å². The molecule has 2 aromatic heterocycles. The second-order valence-electron chi connectivity index (χ2n) is 9.64. The number of anilines is 1. The summed E-state index contributed by atoms with van der Waals surface area (Å²) in [4.78, 5) is 4.56. The van der Waals surface area contributed by atoms with Crippen LogP contribution in [0.2, 0.25) is 0 Å². The zero-order valence-electron chi connectivity index (χ0n) is 20.5. The maximum Gasteiger partial charge on any atom is 0.135 e. The van der Waals surface area contributed by atoms with Crippen molar-refractivity contribution in [1.82, 2.24) is 9.61 Å². The molecule has 2 heterocycles. The predicted molar refractivity (Wildman–Crippen MR) is 142 cm³/mol. The van der Waals surface area contributed by atoms with Crippen molar-refractivity contribution in [2.45, 2.75) is 51.8 Å². The molecular weight excluding hydrogens is 455 g/mol. The largest absolute Gasteiger partial charge is 0.392 e. The molecule has 8 heteroatoms. The molecule has 36 heavy (non-hydrogen) atoms. The Hall–Kier alpha value is -3.75. The number of aliphatic hydroxyl groups excluding tert-OH is 1. The van der Waals surface area contributed by atoms with Gasteiger partial charge in [-0.1, -0.05) is 24.3 Å². The van der Waals surface area contributed by atoms with Crippen molar-refractivity contribution in [3.63, 3.8) is 0 Å². The molecule has 2 atom stereocenters. The SMILES string of the molecule is Cc1ccc(F)cc1N=C(N)c1cnn2cc(-c3ccc(CO)cc3C)cc2c1N[C@@H]1CC[C@H](N)C1. The highest BCUT2D eigenvalue weighted by Crippen LogP contribution is 2.33. The third-order valence-electron chi connectivity index (χ3n) is 6.93. The minimum atomic E-state index is -0.363. The van der Waals surface area contributed by atoms with E-state index in [-0.39, 0.29) is 30.3 Å². The Bertz CT molecular complexity index is 1460. The number of aliphatic hydroxyl groups is 1. The van der Waals surface area contributed by atoms with E-state index in [0.717, 1.165) is 58.3 Å². The summed E-state index contributed by atoms with van der Waals surface area (Å²) in [6.45, 7) is 3.90. The van der Waals surface area contributed by atoms with Gasteiger partial charge in [0.15, 0.2) is 0 Å². The van der Waals surface area contributed by atoms with E-state index in [0.29, 0.717) is 11.3 Å². The topological polar surface area (TPSA) is 114 Å². The van der Waals surface area contributed by atoms with Crippen molar-refractivity contribution in [3.05, 3.63) is 82.9 Å². The maximum atomic E-state index is 13.9. The Morgan fingerprint density at radius 1 is 1.17 bits per heavy atom. The molecule has 7 nitrogen and oxygen atoms in total. The number of aromatic nitrogens is 2. The fourth-order valence-electron chi connectivity index (χ4n) is 4.94. The number of amidine groups is 1. The van der Waals surface area contributed by atoms with Crippen molar-refractivity contribution in [2.75, 3.05) is 5.32 Å². The van der Waals surface area contributed by atoms with Crippen molar-refractivity contribution in [1.29, 1.82) is 0 Å². The minimum Gasteiger partial charge on any atom is -0.392 e. The van der Waals surface area contributed by atoms with Gasteiger partial charge < -0.3 is 21.9 Å². The normalized spacial score (nSPS) is 18.2. The van der Waals surface area contributed by atoms with Crippen LogP contribution >= 0.6 is 0 Å². The number of hydrogen-bond acceptors (Lipinski definition) is 5. The standard InChI is InChI=1S/C28H31FN6O/c1-16-3-5-20(29)11-25(16)34-28(31)24-13-32-35-14-19(23-8-4-18(15-36)9-17(23)2)10-26(35)27(24)33-22-7-6-21(30)12-22/h3-5,8-11,13-14,21-22,33,36H,6-7,12,15,30H2,1-2H3,(H2,31,34)/t21-,22+/m0/s1. The van der Waals surface area contributed by atoms with Gasteiger partial charge in [-0.2, -0.15) is 5.10 Å². The maximum absolute atomic E-state index is 13.9. The van der Waals surface area contributed by atoms with Gasteiger partial charge in [0.1, 0.15) is 11.7 Å². The summed E-state index contributed by atoms with van der Waals surface area (Å²) in [5.41, 5.74) is 20.4. The van der Waals surface area contributed by atoms with E-state index in [1.54, 1.807) is 12.3 Å². The summed E-state index contributed by atoms with van der Waals surface area (Å²) < 4.78 is 15.7. The van der Waals surface area contributed by atoms with E-state index >= 15 is 0 Å². The van der Waals surface area contributed by atoms with Crippen LogP contribution in [0.4, 0.5) is 15.8 Å². The first kappa shape index (κ1) is 24.0. The molecule has 0 aliphatic heterocycles. The fourth-order valence-corrected chi connectivity index (χ4v) is 4.94. The minimum absolute atomic E-state index is 0.00473. The van der Waals surface area contributed by atoms with Gasteiger partial charge in [0.2, 0.25) is 0 Å². The summed E-state index contributed by atoms with van der Waals surface area (Å²) in [7, 11) is 0. The number of nitrogens with two attached hydrogens (primary N) is 2. The van der Waals surface area contributed by atoms with Crippen LogP contribution in [0.1, 0.15) is 41.5 Å². The Labute approximate surface area is 209 Å². The van der Waals surface area contributed by atoms with Crippen molar-refractivity contribution in [3.8, 4) is 11.1 Å². The molecule has 186 valence electrons. The number of nitrogens with zero attached hydrogens (tertiary/aromatic N) is 3. The highest BCUT2D eigenvalue weighted by Gasteiger charge is 2.24. The van der Waals surface area contributed by atoms with Crippen LogP contribution in [0.25, 0.3) is 16.6 Å². The summed E-state index contributed by atoms with van der Waals surface area (Å²) in [6.07, 6.45) is 6.47. The summed E-state index contributed by atoms with van der Waals surface area (Å²) in [5, 5.41) is 17.8.